The molecule has 5 saturated heterocycles. The number of rotatable bonds is 11. The zero-order valence-corrected chi connectivity index (χ0v) is 43.4. The number of amides is 1. The molecule has 5 aromatic rings. The molecule has 396 valence electrons. The van der Waals surface area contributed by atoms with Gasteiger partial charge in [-0.15, -0.1) is 0 Å². The van der Waals surface area contributed by atoms with Gasteiger partial charge in [-0.3, -0.25) is 24.7 Å². The summed E-state index contributed by atoms with van der Waals surface area (Å²) in [6, 6.07) is 21.3. The first-order chi connectivity index (χ1) is 36.3. The molecule has 3 aromatic carbocycles. The SMILES string of the molecule is CC(C)c1ccccc1[C@@H]1CCCN1C1CC2(CCN(c3ccc(C(=O)NS(=O)(=O)c4cc5c(c([N+](=O)[O-])c4)N[C@@H](C4CN(C6COC6)[C@H](C)CO4)CO5)c(N4c5cc6cc[nH]c6nc5O[C@H]5COC[C@@H]54)c3)CC2)C1. The van der Waals surface area contributed by atoms with E-state index in [1.54, 1.807) is 12.3 Å². The molecule has 20 heteroatoms. The lowest BCUT2D eigenvalue weighted by atomic mass is 9.59. The first kappa shape index (κ1) is 48.6. The van der Waals surface area contributed by atoms with Crippen LogP contribution in [0.25, 0.3) is 11.0 Å². The lowest BCUT2D eigenvalue weighted by Gasteiger charge is -2.56. The highest BCUT2D eigenvalue weighted by Gasteiger charge is 2.51. The fraction of sp³-hybridized carbons (Fsp3) is 0.527. The molecule has 19 nitrogen and oxygen atoms in total. The van der Waals surface area contributed by atoms with Crippen LogP contribution in [0.5, 0.6) is 11.6 Å². The van der Waals surface area contributed by atoms with Crippen molar-refractivity contribution in [3.8, 4) is 11.6 Å². The summed E-state index contributed by atoms with van der Waals surface area (Å²) in [4.78, 5) is 43.9. The van der Waals surface area contributed by atoms with Gasteiger partial charge in [-0.2, -0.15) is 4.98 Å². The first-order valence-electron chi connectivity index (χ1n) is 26.8. The van der Waals surface area contributed by atoms with E-state index in [0.29, 0.717) is 80.5 Å². The van der Waals surface area contributed by atoms with Gasteiger partial charge in [-0.05, 0) is 105 Å². The number of nitrogens with zero attached hydrogens (tertiary/aromatic N) is 6. The van der Waals surface area contributed by atoms with Gasteiger partial charge in [0.1, 0.15) is 24.0 Å². The van der Waals surface area contributed by atoms with Crippen molar-refractivity contribution in [3.05, 3.63) is 99.7 Å². The second-order valence-corrected chi connectivity index (χ2v) is 24.1. The average molecular weight is 1040 g/mol. The minimum Gasteiger partial charge on any atom is -0.489 e. The number of H-pyrrole nitrogens is 1. The van der Waals surface area contributed by atoms with Crippen molar-refractivity contribution in [1.82, 2.24) is 24.5 Å². The quantitative estimate of drug-likeness (QED) is 0.0879. The zero-order valence-electron chi connectivity index (χ0n) is 42.6. The monoisotopic (exact) mass is 1040 g/mol. The Balaban J connectivity index is 0.774. The topological polar surface area (TPSA) is 206 Å². The van der Waals surface area contributed by atoms with E-state index in [-0.39, 0.29) is 53.3 Å². The third kappa shape index (κ3) is 8.65. The van der Waals surface area contributed by atoms with Crippen molar-refractivity contribution >= 4 is 55.4 Å². The van der Waals surface area contributed by atoms with E-state index in [1.807, 2.05) is 29.2 Å². The zero-order chi connectivity index (χ0) is 51.3. The highest BCUT2D eigenvalue weighted by molar-refractivity contribution is 7.90. The molecule has 9 heterocycles. The summed E-state index contributed by atoms with van der Waals surface area (Å²) in [5.41, 5.74) is 5.49. The van der Waals surface area contributed by atoms with Crippen molar-refractivity contribution < 1.29 is 41.8 Å². The van der Waals surface area contributed by atoms with E-state index in [1.165, 1.54) is 42.9 Å². The predicted octanol–water partition coefficient (Wildman–Crippen LogP) is 7.26. The van der Waals surface area contributed by atoms with E-state index >= 15 is 0 Å². The van der Waals surface area contributed by atoms with Crippen LogP contribution in [-0.4, -0.2) is 147 Å². The highest BCUT2D eigenvalue weighted by atomic mass is 32.2. The Bertz CT molecular complexity index is 3150. The number of hydrogen-bond donors (Lipinski definition) is 3. The van der Waals surface area contributed by atoms with Crippen LogP contribution in [-0.2, 0) is 24.2 Å². The van der Waals surface area contributed by atoms with Crippen LogP contribution in [0, 0.1) is 15.5 Å². The van der Waals surface area contributed by atoms with Gasteiger partial charge in [-0.25, -0.2) is 13.1 Å². The van der Waals surface area contributed by atoms with E-state index in [0.717, 1.165) is 49.6 Å². The number of nitro benzene ring substituents is 1. The average Bonchev–Trinajstić information content (AvgIpc) is 4.18. The van der Waals surface area contributed by atoms with Gasteiger partial charge in [-0.1, -0.05) is 38.1 Å². The molecule has 75 heavy (non-hydrogen) atoms. The number of aromatic nitrogens is 2. The fourth-order valence-corrected chi connectivity index (χ4v) is 14.5. The van der Waals surface area contributed by atoms with Crippen molar-refractivity contribution in [2.75, 3.05) is 80.9 Å². The highest BCUT2D eigenvalue weighted by Crippen LogP contribution is 2.55. The Morgan fingerprint density at radius 3 is 2.51 bits per heavy atom. The smallest absolute Gasteiger partial charge is 0.297 e. The Kier molecular flexibility index (Phi) is 12.3. The van der Waals surface area contributed by atoms with Crippen molar-refractivity contribution in [2.45, 2.75) is 119 Å². The number of likely N-dealkylation sites (tertiary alicyclic amines) is 1. The Morgan fingerprint density at radius 2 is 1.72 bits per heavy atom. The summed E-state index contributed by atoms with van der Waals surface area (Å²) in [6.45, 7) is 12.5. The number of sulfonamides is 1. The van der Waals surface area contributed by atoms with Gasteiger partial charge in [0.05, 0.1) is 78.3 Å². The third-order valence-corrected chi connectivity index (χ3v) is 19.0. The molecule has 6 fully saturated rings. The van der Waals surface area contributed by atoms with Gasteiger partial charge >= 0.3 is 0 Å². The summed E-state index contributed by atoms with van der Waals surface area (Å²) in [7, 11) is -4.73. The Morgan fingerprint density at radius 1 is 0.907 bits per heavy atom. The van der Waals surface area contributed by atoms with Crippen LogP contribution >= 0.6 is 0 Å². The van der Waals surface area contributed by atoms with Crippen molar-refractivity contribution in [2.24, 2.45) is 5.41 Å². The Hall–Kier alpha value is -6.03. The first-order valence-corrected chi connectivity index (χ1v) is 28.3. The van der Waals surface area contributed by atoms with Gasteiger partial charge in [0.2, 0.25) is 5.88 Å². The van der Waals surface area contributed by atoms with Crippen LogP contribution in [0.15, 0.2) is 77.8 Å². The van der Waals surface area contributed by atoms with Crippen LogP contribution in [0.1, 0.15) is 92.7 Å². The molecule has 7 aliphatic heterocycles. The molecule has 0 radical (unpaired) electrons. The standard InChI is InChI=1S/C55H65N9O10S/c1-32(2)39-7-4-5-8-40(39)43-9-6-16-61(43)36-23-55(24-36)13-17-60(18-14-55)35-10-11-41(44(20-35)63-46-19-34-12-15-56-52(34)58-54(46)74-50-31-71-30-47(50)63)53(65)59-75(68,69)38-21-45(64(66)67)51-48(22-38)73-29-42(57-51)49-25-62(33(3)26-72-49)37-27-70-28-37/h4-5,7-8,10-12,15,19-22,32-33,36-37,42-43,47,49-50,57H,6,9,13-14,16-18,23-31H2,1-3H3,(H,56,58)(H,59,65)/t33-,42-,43+,47+,49?,50+/m1/s1. The van der Waals surface area contributed by atoms with Crippen LogP contribution in [0.4, 0.5) is 28.4 Å². The van der Waals surface area contributed by atoms with E-state index in [9.17, 15) is 23.3 Å². The molecule has 1 aliphatic carbocycles. The number of nitrogens with one attached hydrogen (secondary N) is 3. The van der Waals surface area contributed by atoms with E-state index in [2.05, 4.69) is 74.8 Å². The second kappa shape index (κ2) is 18.9. The number of benzene rings is 3. The van der Waals surface area contributed by atoms with Crippen LogP contribution < -0.4 is 29.3 Å². The molecular weight excluding hydrogens is 979 g/mol. The fourth-order valence-electron chi connectivity index (χ4n) is 13.5. The Labute approximate surface area is 436 Å². The number of ether oxygens (including phenoxy) is 5. The molecule has 2 aromatic heterocycles. The summed E-state index contributed by atoms with van der Waals surface area (Å²) < 4.78 is 61.4. The summed E-state index contributed by atoms with van der Waals surface area (Å²) in [5, 5.41) is 16.8. The minimum absolute atomic E-state index is 0.0131. The number of carbonyl (C=O) groups excluding carboxylic acids is 1. The number of nitro groups is 1. The molecule has 1 amide bonds. The molecule has 1 unspecified atom stereocenters. The number of pyridine rings is 1. The predicted molar refractivity (Wildman–Crippen MR) is 281 cm³/mol. The van der Waals surface area contributed by atoms with Gasteiger partial charge in [0.25, 0.3) is 21.6 Å². The summed E-state index contributed by atoms with van der Waals surface area (Å²) >= 11 is 0. The van der Waals surface area contributed by atoms with Gasteiger partial charge < -0.3 is 43.8 Å². The van der Waals surface area contributed by atoms with Crippen LogP contribution in [0.3, 0.4) is 0 Å². The molecular formula is C55H65N9O10S. The maximum Gasteiger partial charge on any atom is 0.297 e. The molecule has 8 aliphatic rings. The second-order valence-electron chi connectivity index (χ2n) is 22.5. The number of carbonyl (C=O) groups is 1. The van der Waals surface area contributed by atoms with Gasteiger partial charge in [0.15, 0.2) is 11.4 Å². The lowest BCUT2D eigenvalue weighted by Crippen LogP contribution is -2.62. The maximum atomic E-state index is 14.8. The van der Waals surface area contributed by atoms with Crippen molar-refractivity contribution in [1.29, 1.82) is 0 Å². The minimum atomic E-state index is -4.73. The van der Waals surface area contributed by atoms with Gasteiger partial charge in [0, 0.05) is 67.2 Å². The molecule has 6 atom stereocenters. The summed E-state index contributed by atoms with van der Waals surface area (Å²) in [6.07, 6.45) is 7.93. The maximum absolute atomic E-state index is 14.8. The molecule has 13 rings (SSSR count). The number of aromatic amines is 1. The molecule has 3 N–H and O–H groups in total. The molecule has 1 saturated carbocycles. The molecule has 1 spiro atoms. The lowest BCUT2D eigenvalue weighted by molar-refractivity contribution is -0.384. The number of piperidine rings is 1. The van der Waals surface area contributed by atoms with E-state index in [4.69, 9.17) is 28.7 Å². The number of morpholine rings is 1. The normalized spacial score (nSPS) is 26.9. The number of hydrogen-bond acceptors (Lipinski definition) is 16. The summed E-state index contributed by atoms with van der Waals surface area (Å²) in [5.74, 6) is -0.0766. The van der Waals surface area contributed by atoms with Crippen molar-refractivity contribution in [3.63, 3.8) is 0 Å². The number of fused-ring (bicyclic) bond motifs is 4. The largest absolute Gasteiger partial charge is 0.489 e. The van der Waals surface area contributed by atoms with E-state index < -0.39 is 43.6 Å². The third-order valence-electron chi connectivity index (χ3n) is 17.7. The molecule has 0 bridgehead atoms. The van der Waals surface area contributed by atoms with Crippen LogP contribution in [0.2, 0.25) is 0 Å². The number of anilines is 4.